The summed E-state index contributed by atoms with van der Waals surface area (Å²) >= 11 is 1.75. The molecule has 0 saturated carbocycles. The highest BCUT2D eigenvalue weighted by molar-refractivity contribution is 7.18. The van der Waals surface area contributed by atoms with E-state index in [1.807, 2.05) is 6.20 Å². The van der Waals surface area contributed by atoms with Crippen LogP contribution in [0.3, 0.4) is 0 Å². The minimum atomic E-state index is 0.670. The number of hydrogen-bond donors (Lipinski definition) is 0. The first-order valence-electron chi connectivity index (χ1n) is 7.14. The molecule has 0 N–H and O–H groups in total. The van der Waals surface area contributed by atoms with Crippen molar-refractivity contribution in [2.75, 3.05) is 18.0 Å². The molecular weight excluding hydrogens is 282 g/mol. The lowest BCUT2D eigenvalue weighted by atomic mass is 10.00. The van der Waals surface area contributed by atoms with Gasteiger partial charge in [-0.1, -0.05) is 0 Å². The van der Waals surface area contributed by atoms with Crippen molar-refractivity contribution in [2.45, 2.75) is 20.4 Å². The molecule has 0 atom stereocenters. The highest BCUT2D eigenvalue weighted by Gasteiger charge is 2.29. The van der Waals surface area contributed by atoms with Crippen LogP contribution < -0.4 is 4.90 Å². The van der Waals surface area contributed by atoms with Crippen LogP contribution in [-0.4, -0.2) is 32.6 Å². The summed E-state index contributed by atoms with van der Waals surface area (Å²) in [6.45, 7) is 7.32. The molecule has 3 aromatic rings. The van der Waals surface area contributed by atoms with Gasteiger partial charge in [0.05, 0.1) is 10.2 Å². The maximum Gasteiger partial charge on any atom is 0.150 e. The lowest BCUT2D eigenvalue weighted by Crippen LogP contribution is -2.49. The van der Waals surface area contributed by atoms with Crippen molar-refractivity contribution in [1.29, 1.82) is 0 Å². The third-order valence-electron chi connectivity index (χ3n) is 4.15. The van der Waals surface area contributed by atoms with Gasteiger partial charge in [0.1, 0.15) is 18.0 Å². The van der Waals surface area contributed by atoms with E-state index in [0.29, 0.717) is 5.92 Å². The third kappa shape index (κ3) is 2.10. The second-order valence-corrected chi connectivity index (χ2v) is 6.57. The number of aryl methyl sites for hydroxylation is 2. The minimum absolute atomic E-state index is 0.670. The zero-order chi connectivity index (χ0) is 14.4. The number of rotatable bonds is 3. The number of hydrogen-bond acceptors (Lipinski definition) is 5. The van der Waals surface area contributed by atoms with E-state index in [9.17, 15) is 0 Å². The summed E-state index contributed by atoms with van der Waals surface area (Å²) in [5, 5.41) is 2.16. The number of thiophene rings is 1. The summed E-state index contributed by atoms with van der Waals surface area (Å²) < 4.78 is 3.44. The van der Waals surface area contributed by atoms with Gasteiger partial charge in [-0.05, 0) is 24.8 Å². The molecule has 21 heavy (non-hydrogen) atoms. The number of anilines is 1. The number of fused-ring (bicyclic) bond motifs is 1. The van der Waals surface area contributed by atoms with Gasteiger partial charge < -0.3 is 9.47 Å². The first-order valence-corrected chi connectivity index (χ1v) is 8.02. The van der Waals surface area contributed by atoms with Gasteiger partial charge in [0.25, 0.3) is 0 Å². The largest absolute Gasteiger partial charge is 0.354 e. The van der Waals surface area contributed by atoms with Crippen LogP contribution in [-0.2, 0) is 6.54 Å². The van der Waals surface area contributed by atoms with Gasteiger partial charge in [-0.15, -0.1) is 11.3 Å². The average molecular weight is 299 g/mol. The first kappa shape index (κ1) is 12.8. The molecular formula is C15H17N5S. The quantitative estimate of drug-likeness (QED) is 0.746. The Morgan fingerprint density at radius 1 is 1.24 bits per heavy atom. The van der Waals surface area contributed by atoms with Crippen LogP contribution in [0.2, 0.25) is 0 Å². The van der Waals surface area contributed by atoms with Crippen LogP contribution in [0.5, 0.6) is 0 Å². The van der Waals surface area contributed by atoms with E-state index in [4.69, 9.17) is 0 Å². The average Bonchev–Trinajstić information content (AvgIpc) is 3.01. The van der Waals surface area contributed by atoms with Crippen LogP contribution >= 0.6 is 11.3 Å². The van der Waals surface area contributed by atoms with E-state index in [2.05, 4.69) is 49.8 Å². The third-order valence-corrected chi connectivity index (χ3v) is 5.23. The van der Waals surface area contributed by atoms with E-state index in [1.54, 1.807) is 17.7 Å². The van der Waals surface area contributed by atoms with Crippen LogP contribution in [0, 0.1) is 19.8 Å². The van der Waals surface area contributed by atoms with E-state index in [1.165, 1.54) is 10.3 Å². The van der Waals surface area contributed by atoms with Crippen LogP contribution in [0.15, 0.2) is 24.1 Å². The van der Waals surface area contributed by atoms with Crippen molar-refractivity contribution < 1.29 is 0 Å². The van der Waals surface area contributed by atoms with E-state index < -0.39 is 0 Å². The molecule has 0 unspecified atom stereocenters. The summed E-state index contributed by atoms with van der Waals surface area (Å²) in [5.41, 5.74) is 2.34. The monoisotopic (exact) mass is 299 g/mol. The Balaban J connectivity index is 1.51. The highest BCUT2D eigenvalue weighted by atomic mass is 32.1. The van der Waals surface area contributed by atoms with E-state index >= 15 is 0 Å². The summed E-state index contributed by atoms with van der Waals surface area (Å²) in [7, 11) is 0. The molecule has 0 bridgehead atoms. The summed E-state index contributed by atoms with van der Waals surface area (Å²) in [6.07, 6.45) is 5.61. The molecule has 4 heterocycles. The Morgan fingerprint density at radius 2 is 2.10 bits per heavy atom. The predicted molar refractivity (Wildman–Crippen MR) is 84.8 cm³/mol. The van der Waals surface area contributed by atoms with Gasteiger partial charge >= 0.3 is 0 Å². The van der Waals surface area contributed by atoms with Gasteiger partial charge in [-0.25, -0.2) is 15.0 Å². The maximum absolute atomic E-state index is 4.50. The molecule has 108 valence electrons. The van der Waals surface area contributed by atoms with Crippen LogP contribution in [0.1, 0.15) is 11.4 Å². The Kier molecular flexibility index (Phi) is 2.92. The molecule has 5 nitrogen and oxygen atoms in total. The van der Waals surface area contributed by atoms with Crippen molar-refractivity contribution in [3.63, 3.8) is 0 Å². The topological polar surface area (TPSA) is 46.8 Å². The first-order chi connectivity index (χ1) is 10.2. The number of nitrogens with zero attached hydrogens (tertiary/aromatic N) is 5. The molecule has 0 aliphatic carbocycles. The van der Waals surface area contributed by atoms with Crippen molar-refractivity contribution in [2.24, 2.45) is 5.92 Å². The standard InChI is InChI=1S/C15H17N5S/c1-10-8-21-14-13(10)17-9-18-15(14)20-6-12(7-20)5-19-4-3-16-11(19)2/h3-4,8-9,12H,5-7H2,1-2H3. The summed E-state index contributed by atoms with van der Waals surface area (Å²) in [6, 6.07) is 0. The van der Waals surface area contributed by atoms with Gasteiger partial charge in [0.15, 0.2) is 0 Å². The second-order valence-electron chi connectivity index (χ2n) is 5.69. The van der Waals surface area contributed by atoms with Gasteiger partial charge in [-0.2, -0.15) is 0 Å². The van der Waals surface area contributed by atoms with E-state index in [0.717, 1.165) is 36.8 Å². The molecule has 1 saturated heterocycles. The zero-order valence-electron chi connectivity index (χ0n) is 12.2. The Morgan fingerprint density at radius 3 is 2.86 bits per heavy atom. The summed E-state index contributed by atoms with van der Waals surface area (Å²) in [5.74, 6) is 2.85. The fourth-order valence-corrected chi connectivity index (χ4v) is 3.93. The zero-order valence-corrected chi connectivity index (χ0v) is 13.0. The minimum Gasteiger partial charge on any atom is -0.354 e. The molecule has 1 fully saturated rings. The Bertz CT molecular complexity index is 784. The van der Waals surface area contributed by atoms with Crippen molar-refractivity contribution >= 4 is 27.4 Å². The number of imidazole rings is 1. The molecule has 3 aromatic heterocycles. The van der Waals surface area contributed by atoms with Crippen LogP contribution in [0.25, 0.3) is 10.2 Å². The van der Waals surface area contributed by atoms with Crippen molar-refractivity contribution in [1.82, 2.24) is 19.5 Å². The SMILES string of the molecule is Cc1csc2c(N3CC(Cn4ccnc4C)C3)ncnc12. The van der Waals surface area contributed by atoms with Crippen LogP contribution in [0.4, 0.5) is 5.82 Å². The Hall–Kier alpha value is -1.95. The van der Waals surface area contributed by atoms with Crippen molar-refractivity contribution in [3.8, 4) is 0 Å². The lowest BCUT2D eigenvalue weighted by molar-refractivity contribution is 0.353. The molecule has 4 rings (SSSR count). The normalized spacial score (nSPS) is 15.6. The predicted octanol–water partition coefficient (Wildman–Crippen LogP) is 2.64. The fraction of sp³-hybridized carbons (Fsp3) is 0.400. The molecule has 0 amide bonds. The fourth-order valence-electron chi connectivity index (χ4n) is 2.92. The Labute approximate surface area is 127 Å². The smallest absolute Gasteiger partial charge is 0.150 e. The van der Waals surface area contributed by atoms with Gasteiger partial charge in [-0.3, -0.25) is 0 Å². The maximum atomic E-state index is 4.50. The summed E-state index contributed by atoms with van der Waals surface area (Å²) in [4.78, 5) is 15.5. The highest BCUT2D eigenvalue weighted by Crippen LogP contribution is 2.34. The molecule has 6 heteroatoms. The van der Waals surface area contributed by atoms with Gasteiger partial charge in [0.2, 0.25) is 0 Å². The van der Waals surface area contributed by atoms with Gasteiger partial charge in [0, 0.05) is 37.9 Å². The lowest BCUT2D eigenvalue weighted by Gasteiger charge is -2.40. The number of aromatic nitrogens is 4. The molecule has 1 aliphatic heterocycles. The molecule has 0 spiro atoms. The van der Waals surface area contributed by atoms with Crippen molar-refractivity contribution in [3.05, 3.63) is 35.5 Å². The second kappa shape index (κ2) is 4.80. The van der Waals surface area contributed by atoms with E-state index in [-0.39, 0.29) is 0 Å². The molecule has 0 aromatic carbocycles. The molecule has 1 aliphatic rings. The molecule has 0 radical (unpaired) electrons.